The zero-order valence-electron chi connectivity index (χ0n) is 11.4. The van der Waals surface area contributed by atoms with E-state index in [2.05, 4.69) is 29.2 Å². The van der Waals surface area contributed by atoms with E-state index < -0.39 is 0 Å². The number of amides is 1. The van der Waals surface area contributed by atoms with Crippen LogP contribution in [0.2, 0.25) is 0 Å². The van der Waals surface area contributed by atoms with Crippen LogP contribution < -0.4 is 5.32 Å². The third kappa shape index (κ3) is 3.40. The van der Waals surface area contributed by atoms with Crippen molar-refractivity contribution in [1.82, 2.24) is 14.8 Å². The maximum absolute atomic E-state index is 11.9. The molecular formula is C14H18N4O. The van der Waals surface area contributed by atoms with Gasteiger partial charge in [-0.05, 0) is 30.5 Å². The maximum atomic E-state index is 11.9. The lowest BCUT2D eigenvalue weighted by atomic mass is 10.1. The minimum Gasteiger partial charge on any atom is -0.323 e. The molecule has 5 nitrogen and oxygen atoms in total. The fourth-order valence-corrected chi connectivity index (χ4v) is 1.97. The molecule has 0 spiro atoms. The van der Waals surface area contributed by atoms with Gasteiger partial charge < -0.3 is 5.32 Å². The fraction of sp³-hybridized carbons (Fsp3) is 0.357. The molecule has 0 radical (unpaired) electrons. The van der Waals surface area contributed by atoms with Crippen LogP contribution in [0.15, 0.2) is 30.7 Å². The van der Waals surface area contributed by atoms with Crippen molar-refractivity contribution < 1.29 is 4.79 Å². The number of aryl methyl sites for hydroxylation is 1. The number of carbonyl (C=O) groups excluding carboxylic acids is 1. The van der Waals surface area contributed by atoms with Crippen molar-refractivity contribution in [3.63, 3.8) is 0 Å². The van der Waals surface area contributed by atoms with Crippen molar-refractivity contribution in [3.8, 4) is 0 Å². The van der Waals surface area contributed by atoms with E-state index in [1.807, 2.05) is 13.1 Å². The first-order chi connectivity index (χ1) is 9.06. The summed E-state index contributed by atoms with van der Waals surface area (Å²) in [6.07, 6.45) is 5.22. The highest BCUT2D eigenvalue weighted by Crippen LogP contribution is 2.17. The zero-order valence-corrected chi connectivity index (χ0v) is 11.4. The van der Waals surface area contributed by atoms with Crippen molar-refractivity contribution in [2.24, 2.45) is 0 Å². The second kappa shape index (κ2) is 5.65. The van der Waals surface area contributed by atoms with Crippen LogP contribution >= 0.6 is 0 Å². The molecule has 0 aromatic carbocycles. The van der Waals surface area contributed by atoms with Crippen molar-refractivity contribution in [1.29, 1.82) is 0 Å². The van der Waals surface area contributed by atoms with Crippen LogP contribution in [0, 0.1) is 6.92 Å². The van der Waals surface area contributed by atoms with Crippen LogP contribution in [0.25, 0.3) is 0 Å². The number of nitrogens with zero attached hydrogens (tertiary/aromatic N) is 3. The van der Waals surface area contributed by atoms with Gasteiger partial charge in [0, 0.05) is 12.4 Å². The van der Waals surface area contributed by atoms with Gasteiger partial charge in [-0.15, -0.1) is 0 Å². The average Bonchev–Trinajstić information content (AvgIpc) is 2.71. The molecule has 0 aliphatic heterocycles. The lowest BCUT2D eigenvalue weighted by Gasteiger charge is -2.04. The quantitative estimate of drug-likeness (QED) is 0.915. The van der Waals surface area contributed by atoms with Crippen LogP contribution in [0.5, 0.6) is 0 Å². The average molecular weight is 258 g/mol. The van der Waals surface area contributed by atoms with E-state index in [1.165, 1.54) is 5.56 Å². The molecule has 100 valence electrons. The molecule has 0 fully saturated rings. The number of hydrogen-bond acceptors (Lipinski definition) is 3. The first kappa shape index (κ1) is 13.3. The molecule has 2 aromatic heterocycles. The monoisotopic (exact) mass is 258 g/mol. The summed E-state index contributed by atoms with van der Waals surface area (Å²) in [4.78, 5) is 15.8. The van der Waals surface area contributed by atoms with Crippen LogP contribution in [0.4, 0.5) is 5.69 Å². The second-order valence-electron chi connectivity index (χ2n) is 4.81. The van der Waals surface area contributed by atoms with Crippen molar-refractivity contribution in [2.45, 2.75) is 33.2 Å². The summed E-state index contributed by atoms with van der Waals surface area (Å²) in [5.74, 6) is 0.306. The minimum atomic E-state index is -0.106. The van der Waals surface area contributed by atoms with E-state index in [0.717, 1.165) is 5.69 Å². The Balaban J connectivity index is 2.01. The van der Waals surface area contributed by atoms with Crippen molar-refractivity contribution >= 4 is 11.6 Å². The van der Waals surface area contributed by atoms with Crippen molar-refractivity contribution in [3.05, 3.63) is 42.0 Å². The molecule has 5 heteroatoms. The molecule has 2 aromatic rings. The Morgan fingerprint density at radius 1 is 1.47 bits per heavy atom. The summed E-state index contributed by atoms with van der Waals surface area (Å²) in [7, 11) is 0. The SMILES string of the molecule is Cc1nn(CC(=O)Nc2cccnc2)cc1C(C)C. The topological polar surface area (TPSA) is 59.8 Å². The lowest BCUT2D eigenvalue weighted by molar-refractivity contribution is -0.116. The molecule has 1 amide bonds. The molecule has 0 bridgehead atoms. The van der Waals surface area contributed by atoms with Gasteiger partial charge in [0.1, 0.15) is 6.54 Å². The number of carbonyl (C=O) groups is 1. The Kier molecular flexibility index (Phi) is 3.94. The predicted octanol–water partition coefficient (Wildman–Crippen LogP) is 2.35. The molecule has 1 N–H and O–H groups in total. The molecule has 2 rings (SSSR count). The predicted molar refractivity (Wildman–Crippen MR) is 73.9 cm³/mol. The normalized spacial score (nSPS) is 10.7. The highest BCUT2D eigenvalue weighted by molar-refractivity contribution is 5.90. The molecule has 19 heavy (non-hydrogen) atoms. The van der Waals surface area contributed by atoms with Gasteiger partial charge in [0.05, 0.1) is 17.6 Å². The summed E-state index contributed by atoms with van der Waals surface area (Å²) < 4.78 is 1.68. The molecule has 0 aliphatic carbocycles. The Labute approximate surface area is 112 Å². The largest absolute Gasteiger partial charge is 0.323 e. The summed E-state index contributed by atoms with van der Waals surface area (Å²) >= 11 is 0. The lowest BCUT2D eigenvalue weighted by Crippen LogP contribution is -2.19. The van der Waals surface area contributed by atoms with Gasteiger partial charge in [-0.25, -0.2) is 0 Å². The summed E-state index contributed by atoms with van der Waals surface area (Å²) in [6, 6.07) is 3.59. The van der Waals surface area contributed by atoms with E-state index in [0.29, 0.717) is 11.6 Å². The Morgan fingerprint density at radius 2 is 2.26 bits per heavy atom. The van der Waals surface area contributed by atoms with Gasteiger partial charge in [-0.1, -0.05) is 13.8 Å². The summed E-state index contributed by atoms with van der Waals surface area (Å²) in [6.45, 7) is 6.40. The summed E-state index contributed by atoms with van der Waals surface area (Å²) in [5, 5.41) is 7.14. The molecule has 0 saturated carbocycles. The smallest absolute Gasteiger partial charge is 0.246 e. The van der Waals surface area contributed by atoms with Crippen molar-refractivity contribution in [2.75, 3.05) is 5.32 Å². The Morgan fingerprint density at radius 3 is 2.84 bits per heavy atom. The van der Waals surface area contributed by atoms with E-state index in [4.69, 9.17) is 0 Å². The van der Waals surface area contributed by atoms with Gasteiger partial charge in [0.2, 0.25) is 5.91 Å². The fourth-order valence-electron chi connectivity index (χ4n) is 1.97. The van der Waals surface area contributed by atoms with E-state index in [-0.39, 0.29) is 12.5 Å². The Bertz CT molecular complexity index is 560. The van der Waals surface area contributed by atoms with Crippen LogP contribution in [0.1, 0.15) is 31.0 Å². The first-order valence-electron chi connectivity index (χ1n) is 6.30. The molecule has 0 atom stereocenters. The molecule has 0 saturated heterocycles. The van der Waals surface area contributed by atoms with Gasteiger partial charge in [-0.3, -0.25) is 14.5 Å². The Hall–Kier alpha value is -2.17. The number of hydrogen-bond donors (Lipinski definition) is 1. The third-order valence-electron chi connectivity index (χ3n) is 2.86. The van der Waals surface area contributed by atoms with Gasteiger partial charge >= 0.3 is 0 Å². The third-order valence-corrected chi connectivity index (χ3v) is 2.86. The highest BCUT2D eigenvalue weighted by atomic mass is 16.2. The standard InChI is InChI=1S/C14H18N4O/c1-10(2)13-8-18(17-11(13)3)9-14(19)16-12-5-4-6-15-7-12/h4-8,10H,9H2,1-3H3,(H,16,19). The van der Waals surface area contributed by atoms with Crippen LogP contribution in [-0.2, 0) is 11.3 Å². The first-order valence-corrected chi connectivity index (χ1v) is 6.30. The van der Waals surface area contributed by atoms with E-state index in [1.54, 1.807) is 29.2 Å². The molecule has 0 unspecified atom stereocenters. The van der Waals surface area contributed by atoms with E-state index >= 15 is 0 Å². The van der Waals surface area contributed by atoms with Gasteiger partial charge in [-0.2, -0.15) is 5.10 Å². The van der Waals surface area contributed by atoms with Crippen LogP contribution in [0.3, 0.4) is 0 Å². The number of rotatable bonds is 4. The maximum Gasteiger partial charge on any atom is 0.246 e. The minimum absolute atomic E-state index is 0.106. The number of nitrogens with one attached hydrogen (secondary N) is 1. The second-order valence-corrected chi connectivity index (χ2v) is 4.81. The molecular weight excluding hydrogens is 240 g/mol. The number of anilines is 1. The molecule has 2 heterocycles. The zero-order chi connectivity index (χ0) is 13.8. The van der Waals surface area contributed by atoms with Gasteiger partial charge in [0.25, 0.3) is 0 Å². The number of aromatic nitrogens is 3. The van der Waals surface area contributed by atoms with Crippen LogP contribution in [-0.4, -0.2) is 20.7 Å². The highest BCUT2D eigenvalue weighted by Gasteiger charge is 2.10. The van der Waals surface area contributed by atoms with Gasteiger partial charge in [0.15, 0.2) is 0 Å². The van der Waals surface area contributed by atoms with E-state index in [9.17, 15) is 4.79 Å². The summed E-state index contributed by atoms with van der Waals surface area (Å²) in [5.41, 5.74) is 2.85. The molecule has 0 aliphatic rings. The number of pyridine rings is 1.